The highest BCUT2D eigenvalue weighted by Gasteiger charge is 2.68. The Morgan fingerprint density at radius 2 is 1.02 bits per heavy atom. The summed E-state index contributed by atoms with van der Waals surface area (Å²) >= 11 is 18.4. The van der Waals surface area contributed by atoms with Crippen LogP contribution in [0.4, 0.5) is 16.2 Å². The molecule has 6 aromatic heterocycles. The van der Waals surface area contributed by atoms with Gasteiger partial charge >= 0.3 is 12.1 Å². The number of aliphatic hydroxyl groups excluding tert-OH is 1. The molecule has 5 aliphatic heterocycles. The average Bonchev–Trinajstić information content (AvgIpc) is 1.56. The van der Waals surface area contributed by atoms with Crippen LogP contribution in [0.1, 0.15) is 99.0 Å². The van der Waals surface area contributed by atoms with E-state index in [0.29, 0.717) is 61.3 Å². The third-order valence-electron chi connectivity index (χ3n) is 16.0. The van der Waals surface area contributed by atoms with E-state index in [1.807, 2.05) is 19.1 Å². The van der Waals surface area contributed by atoms with Gasteiger partial charge in [0.1, 0.15) is 92.1 Å². The lowest BCUT2D eigenvalue weighted by Crippen LogP contribution is -2.49. The minimum Gasteiger partial charge on any atom is -0.479 e. The Balaban J connectivity index is 0.000000146. The van der Waals surface area contributed by atoms with Gasteiger partial charge in [0.05, 0.1) is 16.2 Å². The molecule has 28 nitrogen and oxygen atoms in total. The molecule has 31 heteroatoms. The Morgan fingerprint density at radius 1 is 0.609 bits per heavy atom. The van der Waals surface area contributed by atoms with Crippen LogP contribution in [0, 0.1) is 0 Å². The SMILES string of the molecule is CC(C)(C)OC(=O)NCc1cccc(NC(=O)[C@H]2O[C@@H](n3ccc4c(Cl)ncnc43)[C@@H]3OC(C)(C)O[C@]23C)c1.CC1(C)O[C@H]2[C@H](n3ccc4c(Cl)ncnc43)O[C@H](C(=O)O)[C@@]2(C)O1.C[C@@]1(O)[C@@H](C(=O)Nc2cccc(CN)c2)O[C@@H](n2ccc3c(Cl)ncnc32)[C@@H]1O. The zero-order valence-electron chi connectivity index (χ0n) is 51.4. The number of benzene rings is 2. The predicted octanol–water partition coefficient (Wildman–Crippen LogP) is 7.72. The monoisotopic (exact) mass is 1330 g/mol. The third-order valence-corrected chi connectivity index (χ3v) is 16.9. The summed E-state index contributed by atoms with van der Waals surface area (Å²) < 4.78 is 52.6. The van der Waals surface area contributed by atoms with E-state index in [-0.39, 0.29) is 11.7 Å². The van der Waals surface area contributed by atoms with Gasteiger partial charge in [0.2, 0.25) is 0 Å². The number of alkyl carbamates (subject to hydrolysis) is 1. The van der Waals surface area contributed by atoms with Crippen molar-refractivity contribution in [2.45, 2.75) is 172 Å². The first-order chi connectivity index (χ1) is 43.3. The van der Waals surface area contributed by atoms with Crippen molar-refractivity contribution in [2.24, 2.45) is 5.73 Å². The number of aliphatic carboxylic acids is 1. The Hall–Kier alpha value is -7.55. The molecule has 3 amide bonds. The maximum atomic E-state index is 13.6. The van der Waals surface area contributed by atoms with Crippen LogP contribution in [0.25, 0.3) is 33.1 Å². The quantitative estimate of drug-likeness (QED) is 0.0609. The Bertz CT molecular complexity index is 4140. The first-order valence-electron chi connectivity index (χ1n) is 29.0. The Morgan fingerprint density at radius 3 is 1.48 bits per heavy atom. The first kappa shape index (κ1) is 65.9. The highest BCUT2D eigenvalue weighted by atomic mass is 35.5. The number of fused-ring (bicyclic) bond motifs is 5. The zero-order chi connectivity index (χ0) is 66.2. The summed E-state index contributed by atoms with van der Waals surface area (Å²) in [5.74, 6) is -3.94. The van der Waals surface area contributed by atoms with Crippen LogP contribution < -0.4 is 21.7 Å². The minimum absolute atomic E-state index is 0.233. The van der Waals surface area contributed by atoms with Crippen molar-refractivity contribution in [3.8, 4) is 0 Å². The number of nitrogens with zero attached hydrogens (tertiary/aromatic N) is 9. The van der Waals surface area contributed by atoms with Crippen molar-refractivity contribution >= 4 is 103 Å². The van der Waals surface area contributed by atoms with Crippen LogP contribution in [-0.2, 0) is 65.4 Å². The van der Waals surface area contributed by atoms with Crippen molar-refractivity contribution < 1.29 is 72.4 Å². The Labute approximate surface area is 540 Å². The van der Waals surface area contributed by atoms with Crippen molar-refractivity contribution in [1.82, 2.24) is 48.9 Å². The molecule has 0 bridgehead atoms. The number of amides is 3. The van der Waals surface area contributed by atoms with Crippen LogP contribution in [0.5, 0.6) is 0 Å². The van der Waals surface area contributed by atoms with E-state index in [4.69, 9.17) is 78.4 Å². The molecule has 13 rings (SSSR count). The number of nitrogens with one attached hydrogen (secondary N) is 3. The molecule has 5 fully saturated rings. The number of carboxylic acids is 1. The minimum atomic E-state index is -1.84. The molecule has 12 atom stereocenters. The van der Waals surface area contributed by atoms with E-state index < -0.39 is 113 Å². The van der Waals surface area contributed by atoms with Gasteiger partial charge < -0.3 is 88.6 Å². The molecular weight excluding hydrogens is 1260 g/mol. The highest BCUT2D eigenvalue weighted by molar-refractivity contribution is 6.34. The maximum absolute atomic E-state index is 13.6. The number of aromatic nitrogens is 9. The number of aliphatic hydroxyl groups is 2. The maximum Gasteiger partial charge on any atom is 0.407 e. The molecule has 0 unspecified atom stereocenters. The molecule has 0 aliphatic carbocycles. The van der Waals surface area contributed by atoms with Gasteiger partial charge in [-0.2, -0.15) is 0 Å². The van der Waals surface area contributed by atoms with Gasteiger partial charge in [-0.1, -0.05) is 59.1 Å². The molecule has 92 heavy (non-hydrogen) atoms. The van der Waals surface area contributed by atoms with Crippen LogP contribution >= 0.6 is 34.8 Å². The van der Waals surface area contributed by atoms with E-state index in [0.717, 1.165) is 11.1 Å². The normalized spacial score (nSPS) is 28.4. The van der Waals surface area contributed by atoms with Crippen LogP contribution in [0.2, 0.25) is 15.5 Å². The largest absolute Gasteiger partial charge is 0.479 e. The molecule has 0 radical (unpaired) electrons. The van der Waals surface area contributed by atoms with E-state index in [1.54, 1.807) is 138 Å². The number of nitrogens with two attached hydrogens (primary N) is 1. The molecule has 8 N–H and O–H groups in total. The summed E-state index contributed by atoms with van der Waals surface area (Å²) in [5.41, 5.74) is 5.18. The second-order valence-electron chi connectivity index (χ2n) is 25.0. The fourth-order valence-corrected chi connectivity index (χ4v) is 12.7. The number of carboxylic acid groups (broad SMARTS) is 1. The third kappa shape index (κ3) is 12.7. The molecule has 488 valence electrons. The number of hydrogen-bond acceptors (Lipinski definition) is 21. The summed E-state index contributed by atoms with van der Waals surface area (Å²) in [6.45, 7) is 17.9. The molecule has 5 aliphatic rings. The summed E-state index contributed by atoms with van der Waals surface area (Å²) in [4.78, 5) is 74.8. The van der Waals surface area contributed by atoms with Gasteiger partial charge in [-0.25, -0.2) is 39.5 Å². The van der Waals surface area contributed by atoms with Gasteiger partial charge in [0, 0.05) is 43.1 Å². The smallest absolute Gasteiger partial charge is 0.407 e. The molecule has 11 heterocycles. The summed E-state index contributed by atoms with van der Waals surface area (Å²) in [7, 11) is 0. The molecule has 0 saturated carbocycles. The standard InChI is InChI=1S/C27H32ClN5O6.C19H20ClN5O4.C15H16ClN3O5/c1-25(2,3)38-24(35)29-13-15-8-7-9-16(12-15)32-22(34)18-27(6)19(37-26(4,5)39-27)23(36-18)33-11-10-17-20(28)30-14-31-21(17)33;1-19(28)13(26)18(25-6-5-12-15(20)22-9-23-16(12)25)29-14(19)17(27)24-11-4-2-3-10(7-11)8-21;1-14(2)23-8-12(22-9(13(20)21)15(8,3)24-14)19-5-4-7-10(16)17-6-18-11(7)19/h7-12,14,18-19,23H,13H2,1-6H3,(H,29,35)(H,32,34);2-7,9,13-14,18,26,28H,8,21H2,1H3,(H,24,27);4-6,8-9,12H,1-3H3,(H,20,21)/t18-,19+,23-,27-;13-,14+,18+,19-;8-,9+,12+,15-/m100/s1. The highest BCUT2D eigenvalue weighted by Crippen LogP contribution is 2.53. The van der Waals surface area contributed by atoms with Gasteiger partial charge in [-0.05, 0) is 123 Å². The lowest BCUT2D eigenvalue weighted by atomic mass is 9.93. The number of ether oxygens (including phenoxy) is 8. The van der Waals surface area contributed by atoms with Crippen molar-refractivity contribution in [1.29, 1.82) is 0 Å². The van der Waals surface area contributed by atoms with Crippen LogP contribution in [0.3, 0.4) is 0 Å². The van der Waals surface area contributed by atoms with Crippen molar-refractivity contribution in [3.05, 3.63) is 131 Å². The van der Waals surface area contributed by atoms with Gasteiger partial charge in [0.25, 0.3) is 11.8 Å². The average molecular weight is 1330 g/mol. The number of rotatable bonds is 11. The Kier molecular flexibility index (Phi) is 17.7. The molecule has 8 aromatic rings. The summed E-state index contributed by atoms with van der Waals surface area (Å²) in [5, 5.41) is 42.2. The molecule has 2 aromatic carbocycles. The number of carbonyl (C=O) groups excluding carboxylic acids is 3. The fraction of sp³-hybridized carbons (Fsp3) is 0.443. The van der Waals surface area contributed by atoms with E-state index in [1.165, 1.54) is 30.5 Å². The second-order valence-corrected chi connectivity index (χ2v) is 26.1. The number of anilines is 2. The number of halogens is 3. The summed E-state index contributed by atoms with van der Waals surface area (Å²) in [6.07, 6.45) is 0.0490. The number of carbonyl (C=O) groups is 4. The topological polar surface area (TPSA) is 357 Å². The van der Waals surface area contributed by atoms with Gasteiger partial charge in [0.15, 0.2) is 48.6 Å². The lowest BCUT2D eigenvalue weighted by molar-refractivity contribution is -0.214. The van der Waals surface area contributed by atoms with Gasteiger partial charge in [-0.3, -0.25) is 9.59 Å². The zero-order valence-corrected chi connectivity index (χ0v) is 53.7. The predicted molar refractivity (Wildman–Crippen MR) is 332 cm³/mol. The van der Waals surface area contributed by atoms with Gasteiger partial charge in [-0.15, -0.1) is 0 Å². The molecule has 5 saturated heterocycles. The van der Waals surface area contributed by atoms with E-state index in [9.17, 15) is 34.5 Å². The van der Waals surface area contributed by atoms with E-state index >= 15 is 0 Å². The van der Waals surface area contributed by atoms with Crippen molar-refractivity contribution in [3.63, 3.8) is 0 Å². The van der Waals surface area contributed by atoms with Crippen LogP contribution in [-0.4, -0.2) is 153 Å². The van der Waals surface area contributed by atoms with Crippen LogP contribution in [0.15, 0.2) is 104 Å². The van der Waals surface area contributed by atoms with Crippen molar-refractivity contribution in [2.75, 3.05) is 10.6 Å². The fourth-order valence-electron chi connectivity index (χ4n) is 12.1. The molecule has 0 spiro atoms. The second kappa shape index (κ2) is 24.7. The summed E-state index contributed by atoms with van der Waals surface area (Å²) in [6, 6.07) is 19.4. The molecular formula is C61H68Cl3N13O15. The van der Waals surface area contributed by atoms with E-state index in [2.05, 4.69) is 45.9 Å². The first-order valence-corrected chi connectivity index (χ1v) is 30.2. The lowest BCUT2D eigenvalue weighted by Gasteiger charge is -2.28. The number of hydrogen-bond donors (Lipinski definition) is 7.